The monoisotopic (exact) mass is 412 g/mol. The molecule has 2 heterocycles. The van der Waals surface area contributed by atoms with Crippen molar-refractivity contribution in [1.82, 2.24) is 19.3 Å². The number of hydrogen-bond donors (Lipinski definition) is 1. The van der Waals surface area contributed by atoms with Crippen molar-refractivity contribution in [1.29, 1.82) is 0 Å². The molecular weight excluding hydrogens is 393 g/mol. The van der Waals surface area contributed by atoms with Crippen molar-refractivity contribution < 1.29 is 21.6 Å². The van der Waals surface area contributed by atoms with E-state index in [1.807, 2.05) is 19.2 Å². The average molecular weight is 412 g/mol. The van der Waals surface area contributed by atoms with E-state index in [4.69, 9.17) is 0 Å². The van der Waals surface area contributed by atoms with Crippen LogP contribution in [0, 0.1) is 6.92 Å². The van der Waals surface area contributed by atoms with Crippen molar-refractivity contribution in [2.75, 3.05) is 6.54 Å². The van der Waals surface area contributed by atoms with E-state index in [0.29, 0.717) is 12.8 Å². The summed E-state index contributed by atoms with van der Waals surface area (Å²) in [7, 11) is -3.73. The lowest BCUT2D eigenvalue weighted by Gasteiger charge is -2.10. The van der Waals surface area contributed by atoms with Crippen LogP contribution in [-0.2, 0) is 28.4 Å². The summed E-state index contributed by atoms with van der Waals surface area (Å²) in [6, 6.07) is 6.18. The molecule has 0 unspecified atom stereocenters. The summed E-state index contributed by atoms with van der Waals surface area (Å²) in [5, 5.41) is 4.28. The van der Waals surface area contributed by atoms with Crippen molar-refractivity contribution in [3.05, 3.63) is 65.1 Å². The molecule has 0 fully saturated rings. The van der Waals surface area contributed by atoms with Crippen LogP contribution in [-0.4, -0.2) is 29.6 Å². The highest BCUT2D eigenvalue weighted by atomic mass is 32.2. The molecule has 0 saturated heterocycles. The van der Waals surface area contributed by atoms with Crippen LogP contribution < -0.4 is 4.72 Å². The zero-order valence-corrected chi connectivity index (χ0v) is 15.9. The number of hydrogen-bond acceptors (Lipinski definition) is 4. The number of nitrogens with zero attached hydrogens (tertiary/aromatic N) is 3. The summed E-state index contributed by atoms with van der Waals surface area (Å²) in [6.07, 6.45) is 0.165. The predicted octanol–water partition coefficient (Wildman–Crippen LogP) is 3.11. The smallest absolute Gasteiger partial charge is 0.237 e. The van der Waals surface area contributed by atoms with Crippen molar-refractivity contribution in [3.63, 3.8) is 0 Å². The van der Waals surface area contributed by atoms with E-state index < -0.39 is 27.5 Å². The molecule has 28 heavy (non-hydrogen) atoms. The van der Waals surface area contributed by atoms with Gasteiger partial charge in [0.2, 0.25) is 10.0 Å². The van der Waals surface area contributed by atoms with Gasteiger partial charge in [0.15, 0.2) is 5.65 Å². The number of nitrogens with one attached hydrogen (secondary N) is 1. The highest BCUT2D eigenvalue weighted by Crippen LogP contribution is 2.29. The average Bonchev–Trinajstić information content (AvgIpc) is 2.97. The normalized spacial score (nSPS) is 12.6. The number of halogens is 3. The van der Waals surface area contributed by atoms with E-state index in [2.05, 4.69) is 14.8 Å². The summed E-state index contributed by atoms with van der Waals surface area (Å²) in [5.41, 5.74) is 1.73. The Balaban J connectivity index is 1.53. The molecule has 0 aliphatic rings. The molecule has 150 valence electrons. The summed E-state index contributed by atoms with van der Waals surface area (Å²) >= 11 is 0. The first-order chi connectivity index (χ1) is 13.1. The van der Waals surface area contributed by atoms with Gasteiger partial charge in [-0.25, -0.2) is 22.6 Å². The van der Waals surface area contributed by atoms with Crippen molar-refractivity contribution in [2.24, 2.45) is 0 Å². The fourth-order valence-electron chi connectivity index (χ4n) is 2.79. The SMILES string of the molecule is Cc1cc2ncc(CCCNS(=O)(=O)Cc3cccc(C(F)(F)F)c3)cn2n1. The minimum atomic E-state index is -4.50. The Labute approximate surface area is 160 Å². The predicted molar refractivity (Wildman–Crippen MR) is 98.1 cm³/mol. The van der Waals surface area contributed by atoms with Gasteiger partial charge in [-0.1, -0.05) is 18.2 Å². The fraction of sp³-hybridized carbons (Fsp3) is 0.333. The van der Waals surface area contributed by atoms with E-state index in [-0.39, 0.29) is 12.1 Å². The number of alkyl halides is 3. The molecule has 0 radical (unpaired) electrons. The van der Waals surface area contributed by atoms with Crippen LogP contribution in [0.1, 0.15) is 28.8 Å². The molecule has 0 amide bonds. The third-order valence-electron chi connectivity index (χ3n) is 4.06. The molecule has 0 aliphatic carbocycles. The van der Waals surface area contributed by atoms with Crippen LogP contribution in [0.5, 0.6) is 0 Å². The number of aromatic nitrogens is 3. The summed E-state index contributed by atoms with van der Waals surface area (Å²) in [4.78, 5) is 4.28. The van der Waals surface area contributed by atoms with Crippen molar-refractivity contribution >= 4 is 15.7 Å². The minimum absolute atomic E-state index is 0.0889. The van der Waals surface area contributed by atoms with Crippen LogP contribution in [0.25, 0.3) is 5.65 Å². The molecule has 6 nitrogen and oxygen atoms in total. The van der Waals surface area contributed by atoms with Gasteiger partial charge in [0.05, 0.1) is 17.0 Å². The maximum Gasteiger partial charge on any atom is 0.416 e. The first-order valence-corrected chi connectivity index (χ1v) is 10.2. The molecule has 2 aromatic heterocycles. The molecule has 1 N–H and O–H groups in total. The second-order valence-electron chi connectivity index (χ2n) is 6.51. The Morgan fingerprint density at radius 3 is 2.71 bits per heavy atom. The van der Waals surface area contributed by atoms with Gasteiger partial charge in [-0.05, 0) is 37.0 Å². The number of sulfonamides is 1. The number of benzene rings is 1. The Bertz CT molecular complexity index is 1080. The van der Waals surface area contributed by atoms with Gasteiger partial charge in [0, 0.05) is 25.0 Å². The van der Waals surface area contributed by atoms with Crippen LogP contribution >= 0.6 is 0 Å². The van der Waals surface area contributed by atoms with E-state index in [9.17, 15) is 21.6 Å². The van der Waals surface area contributed by atoms with Gasteiger partial charge in [0.1, 0.15) is 0 Å². The number of aryl methyl sites for hydroxylation is 2. The summed E-state index contributed by atoms with van der Waals surface area (Å²) in [5.74, 6) is -0.503. The lowest BCUT2D eigenvalue weighted by molar-refractivity contribution is -0.137. The lowest BCUT2D eigenvalue weighted by Crippen LogP contribution is -2.26. The van der Waals surface area contributed by atoms with Crippen molar-refractivity contribution in [3.8, 4) is 0 Å². The van der Waals surface area contributed by atoms with Gasteiger partial charge in [-0.3, -0.25) is 0 Å². The fourth-order valence-corrected chi connectivity index (χ4v) is 3.97. The standard InChI is InChI=1S/C18H19F3N4O2S/c1-13-8-17-22-10-15(11-25(17)24-13)5-3-7-23-28(26,27)12-14-4-2-6-16(9-14)18(19,20)21/h2,4,6,8-11,23H,3,5,7,12H2,1H3. The van der Waals surface area contributed by atoms with E-state index in [1.54, 1.807) is 10.7 Å². The largest absolute Gasteiger partial charge is 0.416 e. The zero-order valence-electron chi connectivity index (χ0n) is 15.1. The Morgan fingerprint density at radius 1 is 1.18 bits per heavy atom. The van der Waals surface area contributed by atoms with Crippen LogP contribution in [0.15, 0.2) is 42.7 Å². The highest BCUT2D eigenvalue weighted by Gasteiger charge is 2.30. The number of fused-ring (bicyclic) bond motifs is 1. The molecule has 3 rings (SSSR count). The van der Waals surface area contributed by atoms with Gasteiger partial charge < -0.3 is 0 Å². The minimum Gasteiger partial charge on any atom is -0.237 e. The topological polar surface area (TPSA) is 76.4 Å². The lowest BCUT2D eigenvalue weighted by atomic mass is 10.1. The van der Waals surface area contributed by atoms with Crippen LogP contribution in [0.2, 0.25) is 0 Å². The molecule has 0 spiro atoms. The van der Waals surface area contributed by atoms with Gasteiger partial charge in [-0.15, -0.1) is 0 Å². The first-order valence-electron chi connectivity index (χ1n) is 8.57. The Morgan fingerprint density at radius 2 is 1.96 bits per heavy atom. The molecule has 0 saturated carbocycles. The summed E-state index contributed by atoms with van der Waals surface area (Å²) in [6.45, 7) is 2.05. The van der Waals surface area contributed by atoms with Gasteiger partial charge in [0.25, 0.3) is 0 Å². The molecule has 0 atom stereocenters. The van der Waals surface area contributed by atoms with E-state index >= 15 is 0 Å². The van der Waals surface area contributed by atoms with Gasteiger partial charge >= 0.3 is 6.18 Å². The molecule has 10 heteroatoms. The summed E-state index contributed by atoms with van der Waals surface area (Å²) < 4.78 is 66.6. The zero-order chi connectivity index (χ0) is 20.4. The molecule has 1 aromatic carbocycles. The van der Waals surface area contributed by atoms with Gasteiger partial charge in [-0.2, -0.15) is 18.3 Å². The molecule has 3 aromatic rings. The molecular formula is C18H19F3N4O2S. The quantitative estimate of drug-likeness (QED) is 0.605. The van der Waals surface area contributed by atoms with Crippen molar-refractivity contribution in [2.45, 2.75) is 31.7 Å². The third-order valence-corrected chi connectivity index (χ3v) is 5.42. The van der Waals surface area contributed by atoms with E-state index in [1.165, 1.54) is 12.1 Å². The Kier molecular flexibility index (Phi) is 5.71. The second-order valence-corrected chi connectivity index (χ2v) is 8.31. The maximum absolute atomic E-state index is 12.7. The number of rotatable bonds is 7. The third kappa shape index (κ3) is 5.29. The highest BCUT2D eigenvalue weighted by molar-refractivity contribution is 7.88. The molecule has 0 aliphatic heterocycles. The van der Waals surface area contributed by atoms with Crippen LogP contribution in [0.3, 0.4) is 0 Å². The Hall–Kier alpha value is -2.46. The van der Waals surface area contributed by atoms with Crippen LogP contribution in [0.4, 0.5) is 13.2 Å². The second kappa shape index (κ2) is 7.88. The first kappa shape index (κ1) is 20.3. The molecule has 0 bridgehead atoms. The maximum atomic E-state index is 12.7. The van der Waals surface area contributed by atoms with E-state index in [0.717, 1.165) is 29.0 Å².